The number of hydrogen-bond acceptors (Lipinski definition) is 4. The zero-order valence-electron chi connectivity index (χ0n) is 13.5. The molecule has 5 rings (SSSR count). The van der Waals surface area contributed by atoms with Gasteiger partial charge < -0.3 is 0 Å². The molecule has 2 bridgehead atoms. The summed E-state index contributed by atoms with van der Waals surface area (Å²) in [6.07, 6.45) is 6.11. The van der Waals surface area contributed by atoms with E-state index in [1.807, 2.05) is 10.0 Å². The lowest BCUT2D eigenvalue weighted by Crippen LogP contribution is -2.67. The lowest BCUT2D eigenvalue weighted by Gasteiger charge is -2.51. The van der Waals surface area contributed by atoms with Gasteiger partial charge in [0.25, 0.3) is 11.6 Å². The number of anilines is 1. The molecule has 1 aromatic carbocycles. The molecule has 3 aliphatic carbocycles. The largest absolute Gasteiger partial charge is 0.294 e. The van der Waals surface area contributed by atoms with Gasteiger partial charge in [-0.1, -0.05) is 12.1 Å². The second-order valence-corrected chi connectivity index (χ2v) is 7.84. The van der Waals surface area contributed by atoms with Crippen molar-refractivity contribution in [2.24, 2.45) is 23.7 Å². The van der Waals surface area contributed by atoms with E-state index >= 15 is 0 Å². The van der Waals surface area contributed by atoms with Crippen molar-refractivity contribution < 1.29 is 9.72 Å². The Morgan fingerprint density at radius 2 is 1.83 bits per heavy atom. The van der Waals surface area contributed by atoms with Crippen LogP contribution in [-0.4, -0.2) is 28.4 Å². The number of nitrogens with zero attached hydrogens (tertiary/aromatic N) is 3. The molecule has 1 aromatic rings. The Bertz CT molecular complexity index is 721. The van der Waals surface area contributed by atoms with Gasteiger partial charge >= 0.3 is 0 Å². The third-order valence-corrected chi connectivity index (χ3v) is 6.85. The van der Waals surface area contributed by atoms with Crippen molar-refractivity contribution in [3.8, 4) is 0 Å². The summed E-state index contributed by atoms with van der Waals surface area (Å²) >= 11 is 0. The highest BCUT2D eigenvalue weighted by Crippen LogP contribution is 2.59. The molecule has 1 amide bonds. The first-order valence-corrected chi connectivity index (χ1v) is 8.96. The van der Waals surface area contributed by atoms with Crippen LogP contribution in [0.15, 0.2) is 24.3 Å². The van der Waals surface area contributed by atoms with Gasteiger partial charge in [0.05, 0.1) is 11.0 Å². The van der Waals surface area contributed by atoms with Gasteiger partial charge in [0, 0.05) is 6.07 Å². The predicted molar refractivity (Wildman–Crippen MR) is 88.1 cm³/mol. The smallest absolute Gasteiger partial charge is 0.271 e. The monoisotopic (exact) mass is 327 g/mol. The molecule has 1 aliphatic heterocycles. The summed E-state index contributed by atoms with van der Waals surface area (Å²) in [5.74, 6) is 3.30. The molecular formula is C18H21N3O3. The molecule has 3 saturated carbocycles. The van der Waals surface area contributed by atoms with E-state index in [-0.39, 0.29) is 29.1 Å². The average Bonchev–Trinajstić information content (AvgIpc) is 2.80. The van der Waals surface area contributed by atoms with Crippen LogP contribution in [0.5, 0.6) is 0 Å². The molecule has 4 aliphatic rings. The number of para-hydroxylation sites is 2. The van der Waals surface area contributed by atoms with Gasteiger partial charge in [-0.2, -0.15) is 0 Å². The summed E-state index contributed by atoms with van der Waals surface area (Å²) in [6.45, 7) is 0.254. The minimum Gasteiger partial charge on any atom is -0.271 e. The Morgan fingerprint density at radius 3 is 2.62 bits per heavy atom. The lowest BCUT2D eigenvalue weighted by atomic mass is 9.64. The summed E-state index contributed by atoms with van der Waals surface area (Å²) in [5.41, 5.74) is 0.627. The summed E-state index contributed by atoms with van der Waals surface area (Å²) in [5, 5.41) is 15.0. The zero-order valence-corrected chi connectivity index (χ0v) is 13.5. The Balaban J connectivity index is 1.45. The molecule has 0 spiro atoms. The van der Waals surface area contributed by atoms with E-state index in [1.165, 1.54) is 31.7 Å². The quantitative estimate of drug-likeness (QED) is 0.632. The Labute approximate surface area is 140 Å². The molecule has 1 heterocycles. The van der Waals surface area contributed by atoms with E-state index in [4.69, 9.17) is 0 Å². The number of amides is 1. The fourth-order valence-electron chi connectivity index (χ4n) is 5.74. The van der Waals surface area contributed by atoms with Crippen molar-refractivity contribution in [1.29, 1.82) is 0 Å². The topological polar surface area (TPSA) is 66.7 Å². The van der Waals surface area contributed by atoms with Crippen molar-refractivity contribution in [3.63, 3.8) is 0 Å². The minimum absolute atomic E-state index is 0.0794. The maximum atomic E-state index is 12.4. The Kier molecular flexibility index (Phi) is 2.94. The summed E-state index contributed by atoms with van der Waals surface area (Å²) < 4.78 is 0. The number of carbonyl (C=O) groups excluding carboxylic acids is 1. The van der Waals surface area contributed by atoms with Crippen LogP contribution in [-0.2, 0) is 4.79 Å². The minimum atomic E-state index is -0.357. The average molecular weight is 327 g/mol. The third-order valence-electron chi connectivity index (χ3n) is 6.85. The molecule has 5 atom stereocenters. The number of nitro groups is 1. The van der Waals surface area contributed by atoms with E-state index in [0.717, 1.165) is 24.2 Å². The maximum Gasteiger partial charge on any atom is 0.294 e. The summed E-state index contributed by atoms with van der Waals surface area (Å²) in [4.78, 5) is 23.4. The molecule has 126 valence electrons. The van der Waals surface area contributed by atoms with Crippen LogP contribution in [0.1, 0.15) is 32.1 Å². The molecule has 5 unspecified atom stereocenters. The van der Waals surface area contributed by atoms with Crippen LogP contribution in [0.2, 0.25) is 0 Å². The van der Waals surface area contributed by atoms with E-state index in [2.05, 4.69) is 0 Å². The fourth-order valence-corrected chi connectivity index (χ4v) is 5.74. The first kappa shape index (κ1) is 14.3. The first-order valence-electron chi connectivity index (χ1n) is 8.96. The normalized spacial score (nSPS) is 36.8. The van der Waals surface area contributed by atoms with Gasteiger partial charge in [-0.25, -0.2) is 5.01 Å². The third kappa shape index (κ3) is 1.85. The predicted octanol–water partition coefficient (Wildman–Crippen LogP) is 2.98. The van der Waals surface area contributed by atoms with Crippen molar-refractivity contribution in [2.75, 3.05) is 11.6 Å². The SMILES string of the molecule is O=C1CN(c2ccccc2[N+](=O)[O-])N1C1CCC2CC3CC1CC23. The molecule has 24 heavy (non-hydrogen) atoms. The van der Waals surface area contributed by atoms with Gasteiger partial charge in [0.15, 0.2) is 0 Å². The second kappa shape index (κ2) is 4.94. The van der Waals surface area contributed by atoms with Crippen molar-refractivity contribution in [2.45, 2.75) is 38.1 Å². The number of fused-ring (bicyclic) bond motifs is 1. The van der Waals surface area contributed by atoms with Crippen molar-refractivity contribution in [3.05, 3.63) is 34.4 Å². The molecule has 6 nitrogen and oxygen atoms in total. The zero-order chi connectivity index (χ0) is 16.4. The number of hydrazine groups is 1. The maximum absolute atomic E-state index is 12.4. The molecule has 0 radical (unpaired) electrons. The van der Waals surface area contributed by atoms with E-state index < -0.39 is 0 Å². The standard InChI is InChI=1S/C18H21N3O3/c22-18-10-19(16-3-1-2-4-17(16)21(23)24)20(18)15-6-5-11-7-12-8-13(15)9-14(11)12/h1-4,11-15H,5-10H2. The Morgan fingerprint density at radius 1 is 1.04 bits per heavy atom. The molecule has 4 fully saturated rings. The fraction of sp³-hybridized carbons (Fsp3) is 0.611. The molecule has 0 N–H and O–H groups in total. The van der Waals surface area contributed by atoms with Crippen molar-refractivity contribution >= 4 is 17.3 Å². The highest BCUT2D eigenvalue weighted by Gasteiger charge is 2.55. The molecular weight excluding hydrogens is 306 g/mol. The van der Waals surface area contributed by atoms with Crippen LogP contribution in [0.25, 0.3) is 0 Å². The molecule has 1 saturated heterocycles. The number of nitro benzene ring substituents is 1. The van der Waals surface area contributed by atoms with Gasteiger partial charge in [0.1, 0.15) is 12.2 Å². The lowest BCUT2D eigenvalue weighted by molar-refractivity contribution is -0.384. The number of carbonyl (C=O) groups is 1. The summed E-state index contributed by atoms with van der Waals surface area (Å²) in [6, 6.07) is 6.97. The highest BCUT2D eigenvalue weighted by molar-refractivity contribution is 5.91. The van der Waals surface area contributed by atoms with Gasteiger partial charge in [-0.3, -0.25) is 19.9 Å². The van der Waals surface area contributed by atoms with Crippen LogP contribution < -0.4 is 5.01 Å². The van der Waals surface area contributed by atoms with Crippen LogP contribution in [0.4, 0.5) is 11.4 Å². The van der Waals surface area contributed by atoms with E-state index in [9.17, 15) is 14.9 Å². The van der Waals surface area contributed by atoms with Gasteiger partial charge in [-0.15, -0.1) is 0 Å². The van der Waals surface area contributed by atoms with Gasteiger partial charge in [-0.05, 0) is 61.8 Å². The van der Waals surface area contributed by atoms with E-state index in [0.29, 0.717) is 11.6 Å². The summed E-state index contributed by atoms with van der Waals surface area (Å²) in [7, 11) is 0. The van der Waals surface area contributed by atoms with Crippen LogP contribution in [0, 0.1) is 33.8 Å². The second-order valence-electron chi connectivity index (χ2n) is 7.84. The van der Waals surface area contributed by atoms with Crippen LogP contribution >= 0.6 is 0 Å². The van der Waals surface area contributed by atoms with Gasteiger partial charge in [0.2, 0.25) is 0 Å². The first-order chi connectivity index (χ1) is 11.6. The molecule has 0 aromatic heterocycles. The highest BCUT2D eigenvalue weighted by atomic mass is 16.6. The number of hydrogen-bond donors (Lipinski definition) is 0. The van der Waals surface area contributed by atoms with Crippen molar-refractivity contribution in [1.82, 2.24) is 5.01 Å². The number of benzene rings is 1. The molecule has 6 heteroatoms. The van der Waals surface area contributed by atoms with Crippen LogP contribution in [0.3, 0.4) is 0 Å². The Hall–Kier alpha value is -2.11. The number of rotatable bonds is 3. The van der Waals surface area contributed by atoms with E-state index in [1.54, 1.807) is 18.2 Å².